The average Bonchev–Trinajstić information content (AvgIpc) is 2.55. The Morgan fingerprint density at radius 1 is 1.39 bits per heavy atom. The van der Waals surface area contributed by atoms with Crippen molar-refractivity contribution in [3.8, 4) is 0 Å². The Labute approximate surface area is 135 Å². The lowest BCUT2D eigenvalue weighted by atomic mass is 9.97. The Kier molecular flexibility index (Phi) is 5.72. The van der Waals surface area contributed by atoms with Crippen LogP contribution in [0, 0.1) is 11.7 Å². The van der Waals surface area contributed by atoms with Gasteiger partial charge in [-0.3, -0.25) is 4.79 Å². The molecule has 1 aliphatic rings. The number of hydrogen-bond acceptors (Lipinski definition) is 4. The first kappa shape index (κ1) is 17.8. The number of nitrogens with one attached hydrogen (secondary N) is 1. The predicted molar refractivity (Wildman–Crippen MR) is 84.5 cm³/mol. The SMILES string of the molecule is C[C@@H](CN)NC(=O)C1CCN(S(=O)(=O)c2ccccc2F)CC1. The summed E-state index contributed by atoms with van der Waals surface area (Å²) in [6.45, 7) is 2.57. The van der Waals surface area contributed by atoms with Gasteiger partial charge in [-0.25, -0.2) is 12.8 Å². The van der Waals surface area contributed by atoms with E-state index in [9.17, 15) is 17.6 Å². The van der Waals surface area contributed by atoms with E-state index < -0.39 is 15.8 Å². The number of piperidine rings is 1. The maximum absolute atomic E-state index is 13.7. The van der Waals surface area contributed by atoms with E-state index in [0.717, 1.165) is 6.07 Å². The summed E-state index contributed by atoms with van der Waals surface area (Å²) in [7, 11) is -3.86. The number of carbonyl (C=O) groups is 1. The maximum atomic E-state index is 13.7. The molecule has 8 heteroatoms. The fourth-order valence-electron chi connectivity index (χ4n) is 2.57. The third-order valence-electron chi connectivity index (χ3n) is 4.02. The summed E-state index contributed by atoms with van der Waals surface area (Å²) in [5.74, 6) is -1.11. The molecule has 0 aliphatic carbocycles. The summed E-state index contributed by atoms with van der Waals surface area (Å²) in [5.41, 5.74) is 5.47. The van der Waals surface area contributed by atoms with Gasteiger partial charge in [-0.05, 0) is 31.9 Å². The molecule has 6 nitrogen and oxygen atoms in total. The minimum absolute atomic E-state index is 0.106. The largest absolute Gasteiger partial charge is 0.352 e. The predicted octanol–water partition coefficient (Wildman–Crippen LogP) is 0.690. The lowest BCUT2D eigenvalue weighted by molar-refractivity contribution is -0.126. The Morgan fingerprint density at radius 3 is 2.57 bits per heavy atom. The second-order valence-corrected chi connectivity index (χ2v) is 7.66. The van der Waals surface area contributed by atoms with Crippen molar-refractivity contribution in [2.45, 2.75) is 30.7 Å². The van der Waals surface area contributed by atoms with Crippen LogP contribution < -0.4 is 11.1 Å². The number of nitrogens with two attached hydrogens (primary N) is 1. The van der Waals surface area contributed by atoms with Crippen LogP contribution in [-0.2, 0) is 14.8 Å². The first-order chi connectivity index (χ1) is 10.9. The molecular weight excluding hydrogens is 321 g/mol. The molecular formula is C15H22FN3O3S. The molecule has 0 saturated carbocycles. The smallest absolute Gasteiger partial charge is 0.245 e. The van der Waals surface area contributed by atoms with Gasteiger partial charge in [-0.15, -0.1) is 0 Å². The standard InChI is InChI=1S/C15H22FN3O3S/c1-11(10-17)18-15(20)12-6-8-19(9-7-12)23(21,22)14-5-3-2-4-13(14)16/h2-5,11-12H,6-10,17H2,1H3,(H,18,20)/t11-/m0/s1. The number of rotatable bonds is 5. The van der Waals surface area contributed by atoms with Crippen molar-refractivity contribution in [2.75, 3.05) is 19.6 Å². The number of sulfonamides is 1. The van der Waals surface area contributed by atoms with E-state index in [4.69, 9.17) is 5.73 Å². The van der Waals surface area contributed by atoms with Gasteiger partial charge >= 0.3 is 0 Å². The molecule has 1 aromatic carbocycles. The van der Waals surface area contributed by atoms with Crippen LogP contribution in [0.15, 0.2) is 29.2 Å². The Hall–Kier alpha value is -1.51. The topological polar surface area (TPSA) is 92.5 Å². The zero-order valence-electron chi connectivity index (χ0n) is 13.0. The van der Waals surface area contributed by atoms with Crippen LogP contribution in [0.1, 0.15) is 19.8 Å². The van der Waals surface area contributed by atoms with E-state index >= 15 is 0 Å². The third kappa shape index (κ3) is 4.07. The second-order valence-electron chi connectivity index (χ2n) is 5.75. The minimum atomic E-state index is -3.86. The summed E-state index contributed by atoms with van der Waals surface area (Å²) in [6, 6.07) is 5.21. The van der Waals surface area contributed by atoms with Crippen molar-refractivity contribution in [3.63, 3.8) is 0 Å². The average molecular weight is 343 g/mol. The fourth-order valence-corrected chi connectivity index (χ4v) is 4.11. The summed E-state index contributed by atoms with van der Waals surface area (Å²) in [5, 5.41) is 2.80. The van der Waals surface area contributed by atoms with E-state index in [1.54, 1.807) is 0 Å². The van der Waals surface area contributed by atoms with Gasteiger partial charge in [-0.1, -0.05) is 12.1 Å². The molecule has 0 spiro atoms. The number of benzene rings is 1. The summed E-state index contributed by atoms with van der Waals surface area (Å²) < 4.78 is 39.9. The highest BCUT2D eigenvalue weighted by molar-refractivity contribution is 7.89. The highest BCUT2D eigenvalue weighted by Crippen LogP contribution is 2.25. The highest BCUT2D eigenvalue weighted by atomic mass is 32.2. The first-order valence-corrected chi connectivity index (χ1v) is 9.05. The molecule has 0 unspecified atom stereocenters. The van der Waals surface area contributed by atoms with Crippen LogP contribution in [0.4, 0.5) is 4.39 Å². The van der Waals surface area contributed by atoms with Crippen LogP contribution >= 0.6 is 0 Å². The molecule has 0 radical (unpaired) electrons. The van der Waals surface area contributed by atoms with E-state index in [1.165, 1.54) is 22.5 Å². The van der Waals surface area contributed by atoms with Crippen molar-refractivity contribution in [3.05, 3.63) is 30.1 Å². The van der Waals surface area contributed by atoms with Gasteiger partial charge in [0.05, 0.1) is 0 Å². The molecule has 1 amide bonds. The quantitative estimate of drug-likeness (QED) is 0.823. The van der Waals surface area contributed by atoms with Crippen LogP contribution in [0.5, 0.6) is 0 Å². The molecule has 0 aromatic heterocycles. The lowest BCUT2D eigenvalue weighted by Crippen LogP contribution is -2.46. The maximum Gasteiger partial charge on any atom is 0.245 e. The van der Waals surface area contributed by atoms with Gasteiger partial charge < -0.3 is 11.1 Å². The van der Waals surface area contributed by atoms with Gasteiger partial charge in [0.25, 0.3) is 0 Å². The van der Waals surface area contributed by atoms with E-state index in [1.807, 2.05) is 6.92 Å². The van der Waals surface area contributed by atoms with Crippen LogP contribution in [0.3, 0.4) is 0 Å². The number of halogens is 1. The van der Waals surface area contributed by atoms with Gasteiger partial charge in [0.15, 0.2) is 0 Å². The lowest BCUT2D eigenvalue weighted by Gasteiger charge is -2.31. The van der Waals surface area contributed by atoms with Crippen molar-refractivity contribution in [2.24, 2.45) is 11.7 Å². The molecule has 23 heavy (non-hydrogen) atoms. The Bertz CT molecular complexity index is 658. The summed E-state index contributed by atoms with van der Waals surface area (Å²) >= 11 is 0. The zero-order chi connectivity index (χ0) is 17.0. The molecule has 1 saturated heterocycles. The van der Waals surface area contributed by atoms with Crippen molar-refractivity contribution in [1.82, 2.24) is 9.62 Å². The number of hydrogen-bond donors (Lipinski definition) is 2. The minimum Gasteiger partial charge on any atom is -0.352 e. The van der Waals surface area contributed by atoms with Crippen LogP contribution in [-0.4, -0.2) is 44.3 Å². The fraction of sp³-hybridized carbons (Fsp3) is 0.533. The molecule has 1 atom stereocenters. The highest BCUT2D eigenvalue weighted by Gasteiger charge is 2.33. The molecule has 1 fully saturated rings. The van der Waals surface area contributed by atoms with Gasteiger partial charge in [-0.2, -0.15) is 4.31 Å². The monoisotopic (exact) mass is 343 g/mol. The van der Waals surface area contributed by atoms with Crippen molar-refractivity contribution in [1.29, 1.82) is 0 Å². The molecule has 1 heterocycles. The van der Waals surface area contributed by atoms with Crippen LogP contribution in [0.25, 0.3) is 0 Å². The molecule has 0 bridgehead atoms. The van der Waals surface area contributed by atoms with Gasteiger partial charge in [0.1, 0.15) is 10.7 Å². The van der Waals surface area contributed by atoms with Crippen LogP contribution in [0.2, 0.25) is 0 Å². The molecule has 2 rings (SSSR count). The van der Waals surface area contributed by atoms with Crippen molar-refractivity contribution >= 4 is 15.9 Å². The molecule has 128 valence electrons. The van der Waals surface area contributed by atoms with E-state index in [2.05, 4.69) is 5.32 Å². The Balaban J connectivity index is 2.02. The summed E-state index contributed by atoms with van der Waals surface area (Å²) in [6.07, 6.45) is 0.827. The summed E-state index contributed by atoms with van der Waals surface area (Å²) in [4.78, 5) is 11.7. The molecule has 3 N–H and O–H groups in total. The van der Waals surface area contributed by atoms with E-state index in [0.29, 0.717) is 19.4 Å². The molecule has 1 aliphatic heterocycles. The normalized spacial score (nSPS) is 18.6. The number of nitrogens with zero attached hydrogens (tertiary/aromatic N) is 1. The zero-order valence-corrected chi connectivity index (χ0v) is 13.9. The van der Waals surface area contributed by atoms with Crippen molar-refractivity contribution < 1.29 is 17.6 Å². The van der Waals surface area contributed by atoms with E-state index in [-0.39, 0.29) is 35.9 Å². The number of carbonyl (C=O) groups excluding carboxylic acids is 1. The third-order valence-corrected chi connectivity index (χ3v) is 5.95. The van der Waals surface area contributed by atoms with Gasteiger partial charge in [0, 0.05) is 31.6 Å². The Morgan fingerprint density at radius 2 is 2.00 bits per heavy atom. The second kappa shape index (κ2) is 7.37. The molecule has 1 aromatic rings. The van der Waals surface area contributed by atoms with Gasteiger partial charge in [0.2, 0.25) is 15.9 Å². The number of amides is 1. The first-order valence-electron chi connectivity index (χ1n) is 7.61.